The van der Waals surface area contributed by atoms with Gasteiger partial charge in [-0.3, -0.25) is 9.59 Å². The summed E-state index contributed by atoms with van der Waals surface area (Å²) < 4.78 is 10.8. The van der Waals surface area contributed by atoms with Crippen LogP contribution in [0.5, 0.6) is 17.2 Å². The van der Waals surface area contributed by atoms with E-state index in [-0.39, 0.29) is 11.5 Å². The van der Waals surface area contributed by atoms with Crippen molar-refractivity contribution < 1.29 is 24.2 Å². The molecule has 0 atom stereocenters. The minimum Gasteiger partial charge on any atom is -0.504 e. The van der Waals surface area contributed by atoms with Gasteiger partial charge >= 0.3 is 0 Å². The minimum absolute atomic E-state index is 0.116. The number of nitrogens with one attached hydrogen (secondary N) is 2. The van der Waals surface area contributed by atoms with Crippen molar-refractivity contribution in [1.82, 2.24) is 5.43 Å². The second kappa shape index (κ2) is 9.58. The largest absolute Gasteiger partial charge is 0.504 e. The fourth-order valence-electron chi connectivity index (χ4n) is 2.11. The van der Waals surface area contributed by atoms with Crippen molar-refractivity contribution >= 4 is 39.6 Å². The minimum atomic E-state index is -0.604. The highest BCUT2D eigenvalue weighted by molar-refractivity contribution is 9.10. The van der Waals surface area contributed by atoms with E-state index in [1.807, 2.05) is 0 Å². The number of phenols is 1. The van der Waals surface area contributed by atoms with Gasteiger partial charge in [-0.2, -0.15) is 5.10 Å². The Morgan fingerprint density at radius 1 is 1.19 bits per heavy atom. The van der Waals surface area contributed by atoms with Crippen LogP contribution in [-0.2, 0) is 9.59 Å². The van der Waals surface area contributed by atoms with Crippen LogP contribution in [0, 0.1) is 0 Å². The molecule has 0 heterocycles. The van der Waals surface area contributed by atoms with Crippen molar-refractivity contribution in [2.45, 2.75) is 6.42 Å². The predicted molar refractivity (Wildman–Crippen MR) is 104 cm³/mol. The van der Waals surface area contributed by atoms with Crippen LogP contribution < -0.4 is 20.2 Å². The summed E-state index contributed by atoms with van der Waals surface area (Å²) in [5.74, 6) is -0.369. The molecule has 2 rings (SSSR count). The zero-order valence-electron chi connectivity index (χ0n) is 14.7. The maximum Gasteiger partial charge on any atom is 0.249 e. The maximum atomic E-state index is 11.9. The van der Waals surface area contributed by atoms with E-state index in [1.54, 1.807) is 36.4 Å². The standard InChI is InChI=1S/C18H18BrN3O5/c1-26-14-5-3-4-13(8-14)21-16(23)9-17(24)22-20-10-11-6-12(19)7-15(27-2)18(11)25/h3-8,10,25H,9H2,1-2H3,(H,21,23)(H,22,24)/b20-10+. The third kappa shape index (κ3) is 6.00. The SMILES string of the molecule is COc1cccc(NC(=O)CC(=O)N/N=C/c2cc(Br)cc(OC)c2O)c1. The Kier molecular flexibility index (Phi) is 7.18. The van der Waals surface area contributed by atoms with Gasteiger partial charge in [0.1, 0.15) is 12.2 Å². The lowest BCUT2D eigenvalue weighted by atomic mass is 10.2. The molecule has 27 heavy (non-hydrogen) atoms. The van der Waals surface area contributed by atoms with E-state index >= 15 is 0 Å². The first-order valence-electron chi connectivity index (χ1n) is 7.75. The zero-order chi connectivity index (χ0) is 19.8. The number of rotatable bonds is 7. The van der Waals surface area contributed by atoms with Crippen molar-refractivity contribution in [1.29, 1.82) is 0 Å². The average Bonchev–Trinajstić information content (AvgIpc) is 2.64. The lowest BCUT2D eigenvalue weighted by molar-refractivity contribution is -0.126. The summed E-state index contributed by atoms with van der Waals surface area (Å²) in [6, 6.07) is 9.97. The number of carbonyl (C=O) groups excluding carboxylic acids is 2. The molecule has 0 radical (unpaired) electrons. The van der Waals surface area contributed by atoms with Gasteiger partial charge in [-0.25, -0.2) is 5.43 Å². The highest BCUT2D eigenvalue weighted by atomic mass is 79.9. The van der Waals surface area contributed by atoms with Crippen LogP contribution >= 0.6 is 15.9 Å². The molecule has 0 spiro atoms. The van der Waals surface area contributed by atoms with Crippen molar-refractivity contribution in [2.75, 3.05) is 19.5 Å². The molecule has 0 aliphatic rings. The van der Waals surface area contributed by atoms with Crippen LogP contribution in [0.3, 0.4) is 0 Å². The molecule has 2 amide bonds. The molecule has 2 aromatic carbocycles. The molecule has 0 saturated carbocycles. The molecular formula is C18H18BrN3O5. The third-order valence-electron chi connectivity index (χ3n) is 3.36. The summed E-state index contributed by atoms with van der Waals surface area (Å²) in [4.78, 5) is 23.7. The van der Waals surface area contributed by atoms with Gasteiger partial charge in [0.25, 0.3) is 0 Å². The van der Waals surface area contributed by atoms with Crippen LogP contribution in [0.25, 0.3) is 0 Å². The van der Waals surface area contributed by atoms with Crippen LogP contribution in [0.15, 0.2) is 46.0 Å². The lowest BCUT2D eigenvalue weighted by Crippen LogP contribution is -2.24. The number of nitrogens with zero attached hydrogens (tertiary/aromatic N) is 1. The van der Waals surface area contributed by atoms with E-state index in [0.29, 0.717) is 21.5 Å². The fourth-order valence-corrected chi connectivity index (χ4v) is 2.57. The molecule has 8 nitrogen and oxygen atoms in total. The van der Waals surface area contributed by atoms with Gasteiger partial charge in [-0.15, -0.1) is 0 Å². The molecule has 0 saturated heterocycles. The van der Waals surface area contributed by atoms with Gasteiger partial charge in [-0.1, -0.05) is 22.0 Å². The Hall–Kier alpha value is -3.07. The van der Waals surface area contributed by atoms with Crippen LogP contribution in [0.1, 0.15) is 12.0 Å². The van der Waals surface area contributed by atoms with E-state index < -0.39 is 18.2 Å². The highest BCUT2D eigenvalue weighted by Gasteiger charge is 2.11. The summed E-state index contributed by atoms with van der Waals surface area (Å²) in [6.07, 6.45) is 0.836. The van der Waals surface area contributed by atoms with Crippen molar-refractivity contribution in [2.24, 2.45) is 5.10 Å². The Balaban J connectivity index is 1.91. The highest BCUT2D eigenvalue weighted by Crippen LogP contribution is 2.32. The van der Waals surface area contributed by atoms with E-state index in [2.05, 4.69) is 31.8 Å². The second-order valence-corrected chi connectivity index (χ2v) is 6.21. The fraction of sp³-hybridized carbons (Fsp3) is 0.167. The van der Waals surface area contributed by atoms with Gasteiger partial charge in [0, 0.05) is 21.8 Å². The molecule has 142 valence electrons. The molecule has 0 fully saturated rings. The summed E-state index contributed by atoms with van der Waals surface area (Å²) in [5.41, 5.74) is 3.08. The van der Waals surface area contributed by atoms with Gasteiger partial charge in [0.2, 0.25) is 11.8 Å². The molecule has 0 aliphatic heterocycles. The Morgan fingerprint density at radius 3 is 2.67 bits per heavy atom. The van der Waals surface area contributed by atoms with Gasteiger partial charge < -0.3 is 19.9 Å². The van der Waals surface area contributed by atoms with Crippen LogP contribution in [-0.4, -0.2) is 37.4 Å². The number of aromatic hydroxyl groups is 1. The van der Waals surface area contributed by atoms with Crippen LogP contribution in [0.2, 0.25) is 0 Å². The number of hydrogen-bond acceptors (Lipinski definition) is 6. The van der Waals surface area contributed by atoms with Gasteiger partial charge in [0.15, 0.2) is 11.5 Å². The van der Waals surface area contributed by atoms with E-state index in [4.69, 9.17) is 9.47 Å². The molecule has 0 bridgehead atoms. The molecule has 2 aromatic rings. The van der Waals surface area contributed by atoms with Crippen molar-refractivity contribution in [3.8, 4) is 17.2 Å². The number of hydrogen-bond donors (Lipinski definition) is 3. The number of methoxy groups -OCH3 is 2. The normalized spacial score (nSPS) is 10.5. The van der Waals surface area contributed by atoms with Crippen LogP contribution in [0.4, 0.5) is 5.69 Å². The maximum absolute atomic E-state index is 11.9. The molecule has 9 heteroatoms. The number of hydrazone groups is 1. The molecule has 3 N–H and O–H groups in total. The summed E-state index contributed by atoms with van der Waals surface area (Å²) in [6.45, 7) is 0. The smallest absolute Gasteiger partial charge is 0.249 e. The topological polar surface area (TPSA) is 109 Å². The third-order valence-corrected chi connectivity index (χ3v) is 3.81. The monoisotopic (exact) mass is 435 g/mol. The Labute approximate surface area is 164 Å². The Morgan fingerprint density at radius 2 is 1.96 bits per heavy atom. The quantitative estimate of drug-likeness (QED) is 0.351. The first-order chi connectivity index (χ1) is 12.9. The number of halogens is 1. The first-order valence-corrected chi connectivity index (χ1v) is 8.54. The second-order valence-electron chi connectivity index (χ2n) is 5.30. The van der Waals surface area contributed by atoms with E-state index in [0.717, 1.165) is 0 Å². The number of phenolic OH excluding ortho intramolecular Hbond substituents is 1. The molecule has 0 aliphatic carbocycles. The predicted octanol–water partition coefficient (Wildman–Crippen LogP) is 2.65. The lowest BCUT2D eigenvalue weighted by Gasteiger charge is -2.07. The average molecular weight is 436 g/mol. The number of carbonyl (C=O) groups is 2. The molecule has 0 aromatic heterocycles. The van der Waals surface area contributed by atoms with Gasteiger partial charge in [-0.05, 0) is 24.3 Å². The number of benzene rings is 2. The number of ether oxygens (including phenoxy) is 2. The van der Waals surface area contributed by atoms with Crippen molar-refractivity contribution in [3.63, 3.8) is 0 Å². The zero-order valence-corrected chi connectivity index (χ0v) is 16.2. The van der Waals surface area contributed by atoms with Gasteiger partial charge in [0.05, 0.1) is 20.4 Å². The Bertz CT molecular complexity index is 870. The first kappa shape index (κ1) is 20.2. The van der Waals surface area contributed by atoms with E-state index in [9.17, 15) is 14.7 Å². The molecular weight excluding hydrogens is 418 g/mol. The summed E-state index contributed by atoms with van der Waals surface area (Å²) in [5, 5.41) is 16.3. The summed E-state index contributed by atoms with van der Waals surface area (Å²) >= 11 is 3.28. The van der Waals surface area contributed by atoms with Crippen molar-refractivity contribution in [3.05, 3.63) is 46.4 Å². The number of anilines is 1. The van der Waals surface area contributed by atoms with E-state index in [1.165, 1.54) is 20.4 Å². The number of amides is 2. The summed E-state index contributed by atoms with van der Waals surface area (Å²) in [7, 11) is 2.94. The molecule has 0 unspecified atom stereocenters.